The molecule has 0 atom stereocenters. The van der Waals surface area contributed by atoms with E-state index >= 15 is 0 Å². The largest absolute Gasteiger partial charge is 0.497 e. The third kappa shape index (κ3) is 3.44. The Morgan fingerprint density at radius 3 is 2.30 bits per heavy atom. The molecule has 0 aliphatic rings. The van der Waals surface area contributed by atoms with Crippen LogP contribution in [0.2, 0.25) is 0 Å². The average Bonchev–Trinajstić information content (AvgIpc) is 3.36. The predicted octanol–water partition coefficient (Wildman–Crippen LogP) is 4.30. The second-order valence-corrected chi connectivity index (χ2v) is 7.85. The molecule has 33 heavy (non-hydrogen) atoms. The van der Waals surface area contributed by atoms with Crippen molar-refractivity contribution in [3.63, 3.8) is 0 Å². The van der Waals surface area contributed by atoms with Crippen molar-refractivity contribution in [2.45, 2.75) is 20.3 Å². The molecule has 3 aromatic heterocycles. The molecule has 0 saturated carbocycles. The van der Waals surface area contributed by atoms with Crippen LogP contribution in [-0.4, -0.2) is 45.5 Å². The first kappa shape index (κ1) is 20.8. The third-order valence-electron chi connectivity index (χ3n) is 6.02. The van der Waals surface area contributed by atoms with E-state index in [1.807, 2.05) is 42.5 Å². The summed E-state index contributed by atoms with van der Waals surface area (Å²) >= 11 is 0. The lowest BCUT2D eigenvalue weighted by Crippen LogP contribution is -1.99. The highest BCUT2D eigenvalue weighted by molar-refractivity contribution is 5.95. The molecule has 8 heteroatoms. The second-order valence-electron chi connectivity index (χ2n) is 7.85. The number of benzene rings is 2. The Kier molecular flexibility index (Phi) is 5.12. The van der Waals surface area contributed by atoms with Gasteiger partial charge in [0, 0.05) is 17.8 Å². The fourth-order valence-corrected chi connectivity index (χ4v) is 4.20. The molecule has 0 radical (unpaired) electrons. The van der Waals surface area contributed by atoms with Gasteiger partial charge in [0.05, 0.1) is 26.7 Å². The van der Waals surface area contributed by atoms with Crippen molar-refractivity contribution in [1.29, 1.82) is 0 Å². The van der Waals surface area contributed by atoms with Crippen molar-refractivity contribution in [2.24, 2.45) is 0 Å². The lowest BCUT2D eigenvalue weighted by atomic mass is 10.1. The SMILES string of the molecule is COc1ccc(-n2c(C)c(C)c3c2ncn2nc(Cc4ccc(OC)c(OC)c4)nc32)cc1. The van der Waals surface area contributed by atoms with Crippen LogP contribution in [0.25, 0.3) is 22.4 Å². The number of fused-ring (bicyclic) bond motifs is 3. The monoisotopic (exact) mass is 443 g/mol. The zero-order valence-electron chi connectivity index (χ0n) is 19.3. The molecule has 0 aliphatic heterocycles. The van der Waals surface area contributed by atoms with Crippen molar-refractivity contribution in [2.75, 3.05) is 21.3 Å². The van der Waals surface area contributed by atoms with Crippen LogP contribution in [0.15, 0.2) is 48.8 Å². The van der Waals surface area contributed by atoms with Crippen molar-refractivity contribution in [3.8, 4) is 22.9 Å². The quantitative estimate of drug-likeness (QED) is 0.389. The number of ether oxygens (including phenoxy) is 3. The first-order valence-corrected chi connectivity index (χ1v) is 10.6. The Labute approximate surface area is 191 Å². The Hall–Kier alpha value is -4.07. The fourth-order valence-electron chi connectivity index (χ4n) is 4.20. The van der Waals surface area contributed by atoms with E-state index in [0.29, 0.717) is 23.7 Å². The molecule has 0 bridgehead atoms. The molecule has 0 aliphatic carbocycles. The molecular weight excluding hydrogens is 418 g/mol. The van der Waals surface area contributed by atoms with Gasteiger partial charge in [-0.1, -0.05) is 6.07 Å². The average molecular weight is 444 g/mol. The molecule has 0 fully saturated rings. The van der Waals surface area contributed by atoms with Gasteiger partial charge >= 0.3 is 0 Å². The molecule has 0 N–H and O–H groups in total. The van der Waals surface area contributed by atoms with Crippen LogP contribution in [0.3, 0.4) is 0 Å². The zero-order valence-corrected chi connectivity index (χ0v) is 19.3. The van der Waals surface area contributed by atoms with Crippen LogP contribution in [0.5, 0.6) is 17.2 Å². The van der Waals surface area contributed by atoms with E-state index in [2.05, 4.69) is 23.5 Å². The molecule has 5 aromatic rings. The van der Waals surface area contributed by atoms with E-state index in [0.717, 1.165) is 44.9 Å². The third-order valence-corrected chi connectivity index (χ3v) is 6.02. The van der Waals surface area contributed by atoms with Gasteiger partial charge in [0.25, 0.3) is 0 Å². The van der Waals surface area contributed by atoms with Crippen LogP contribution in [0, 0.1) is 13.8 Å². The van der Waals surface area contributed by atoms with Gasteiger partial charge in [-0.05, 0) is 61.4 Å². The summed E-state index contributed by atoms with van der Waals surface area (Å²) in [6.45, 7) is 4.20. The molecule has 0 saturated heterocycles. The van der Waals surface area contributed by atoms with Crippen LogP contribution < -0.4 is 14.2 Å². The summed E-state index contributed by atoms with van der Waals surface area (Å²) in [6, 6.07) is 13.8. The van der Waals surface area contributed by atoms with Crippen LogP contribution in [-0.2, 0) is 6.42 Å². The Balaban J connectivity index is 1.59. The van der Waals surface area contributed by atoms with E-state index in [9.17, 15) is 0 Å². The summed E-state index contributed by atoms with van der Waals surface area (Å²) in [5.41, 5.74) is 5.95. The fraction of sp³-hybridized carbons (Fsp3) is 0.240. The number of rotatable bonds is 6. The number of aryl methyl sites for hydroxylation is 1. The van der Waals surface area contributed by atoms with Crippen LogP contribution in [0.1, 0.15) is 22.6 Å². The van der Waals surface area contributed by atoms with Gasteiger partial charge in [0.1, 0.15) is 12.1 Å². The maximum absolute atomic E-state index is 5.43. The van der Waals surface area contributed by atoms with E-state index in [1.165, 1.54) is 0 Å². The first-order chi connectivity index (χ1) is 16.0. The topological polar surface area (TPSA) is 75.7 Å². The minimum absolute atomic E-state index is 0.570. The van der Waals surface area contributed by atoms with Gasteiger partial charge in [-0.15, -0.1) is 5.10 Å². The summed E-state index contributed by atoms with van der Waals surface area (Å²) in [7, 11) is 4.92. The molecule has 0 spiro atoms. The molecule has 0 unspecified atom stereocenters. The normalized spacial score (nSPS) is 11.3. The van der Waals surface area contributed by atoms with Gasteiger partial charge in [-0.3, -0.25) is 4.57 Å². The molecule has 8 nitrogen and oxygen atoms in total. The van der Waals surface area contributed by atoms with E-state index in [-0.39, 0.29) is 0 Å². The van der Waals surface area contributed by atoms with Gasteiger partial charge in [0.2, 0.25) is 0 Å². The molecule has 2 aromatic carbocycles. The van der Waals surface area contributed by atoms with Gasteiger partial charge in [-0.2, -0.15) is 0 Å². The summed E-state index contributed by atoms with van der Waals surface area (Å²) in [5.74, 6) is 2.91. The summed E-state index contributed by atoms with van der Waals surface area (Å²) < 4.78 is 20.0. The highest BCUT2D eigenvalue weighted by Gasteiger charge is 2.19. The van der Waals surface area contributed by atoms with Gasteiger partial charge in [-0.25, -0.2) is 14.5 Å². The van der Waals surface area contributed by atoms with Crippen LogP contribution in [0.4, 0.5) is 0 Å². The summed E-state index contributed by atoms with van der Waals surface area (Å²) in [5, 5.41) is 5.67. The molecule has 3 heterocycles. The van der Waals surface area contributed by atoms with Crippen molar-refractivity contribution < 1.29 is 14.2 Å². The minimum Gasteiger partial charge on any atom is -0.497 e. The standard InChI is InChI=1S/C25H25N5O3/c1-15-16(2)30(18-7-9-19(31-3)10-8-18)24-23(15)25-27-22(28-29(25)14-26-24)13-17-6-11-20(32-4)21(12-17)33-5/h6-12,14H,13H2,1-5H3. The van der Waals surface area contributed by atoms with E-state index in [4.69, 9.17) is 24.2 Å². The molecule has 0 amide bonds. The summed E-state index contributed by atoms with van der Waals surface area (Å²) in [4.78, 5) is 9.61. The zero-order chi connectivity index (χ0) is 23.1. The highest BCUT2D eigenvalue weighted by atomic mass is 16.5. The van der Waals surface area contributed by atoms with Crippen molar-refractivity contribution in [3.05, 3.63) is 71.4 Å². The van der Waals surface area contributed by atoms with Crippen molar-refractivity contribution in [1.82, 2.24) is 24.1 Å². The second kappa shape index (κ2) is 8.12. The first-order valence-electron chi connectivity index (χ1n) is 10.6. The number of hydrogen-bond donors (Lipinski definition) is 0. The van der Waals surface area contributed by atoms with E-state index in [1.54, 1.807) is 32.2 Å². The summed E-state index contributed by atoms with van der Waals surface area (Å²) in [6.07, 6.45) is 2.29. The molecule has 5 rings (SSSR count). The van der Waals surface area contributed by atoms with Gasteiger partial charge in [0.15, 0.2) is 28.6 Å². The maximum Gasteiger partial charge on any atom is 0.168 e. The number of aromatic nitrogens is 5. The lowest BCUT2D eigenvalue weighted by Gasteiger charge is -2.08. The minimum atomic E-state index is 0.570. The Morgan fingerprint density at radius 1 is 0.848 bits per heavy atom. The Bertz CT molecular complexity index is 1470. The Morgan fingerprint density at radius 2 is 1.61 bits per heavy atom. The van der Waals surface area contributed by atoms with E-state index < -0.39 is 0 Å². The smallest absolute Gasteiger partial charge is 0.168 e. The molecule has 168 valence electrons. The van der Waals surface area contributed by atoms with Crippen molar-refractivity contribution >= 4 is 16.7 Å². The molecular formula is C25H25N5O3. The predicted molar refractivity (Wildman–Crippen MR) is 126 cm³/mol. The maximum atomic E-state index is 5.43. The van der Waals surface area contributed by atoms with Gasteiger partial charge < -0.3 is 14.2 Å². The highest BCUT2D eigenvalue weighted by Crippen LogP contribution is 2.31. The lowest BCUT2D eigenvalue weighted by molar-refractivity contribution is 0.354. The number of methoxy groups -OCH3 is 3. The number of nitrogens with zero attached hydrogens (tertiary/aromatic N) is 5. The van der Waals surface area contributed by atoms with Crippen LogP contribution >= 0.6 is 0 Å². The number of hydrogen-bond acceptors (Lipinski definition) is 6.